The number of aliphatic hydroxyl groups excluding tert-OH is 2. The number of carbonyl (C=O) groups is 1. The van der Waals surface area contributed by atoms with Crippen LogP contribution in [0.25, 0.3) is 0 Å². The lowest BCUT2D eigenvalue weighted by atomic mass is 10.0. The Morgan fingerprint density at radius 2 is 1.50 bits per heavy atom. The highest BCUT2D eigenvalue weighted by Crippen LogP contribution is 2.09. The third kappa shape index (κ3) is 7.24. The van der Waals surface area contributed by atoms with Gasteiger partial charge in [-0.05, 0) is 12.8 Å². The van der Waals surface area contributed by atoms with Crippen LogP contribution in [-0.4, -0.2) is 33.5 Å². The first-order valence-electron chi connectivity index (χ1n) is 3.76. The Bertz CT molecular complexity index is 148. The molecule has 0 bridgehead atoms. The van der Waals surface area contributed by atoms with E-state index >= 15 is 0 Å². The molecule has 4 nitrogen and oxygen atoms in total. The summed E-state index contributed by atoms with van der Waals surface area (Å²) in [6, 6.07) is 0. The van der Waals surface area contributed by atoms with E-state index in [1.165, 1.54) is 0 Å². The van der Waals surface area contributed by atoms with Gasteiger partial charge in [0.1, 0.15) is 0 Å². The van der Waals surface area contributed by atoms with E-state index in [4.69, 9.17) is 20.1 Å². The van der Waals surface area contributed by atoms with Crippen molar-refractivity contribution < 1.29 is 20.1 Å². The number of carboxylic acids is 1. The molecule has 0 aromatic carbocycles. The van der Waals surface area contributed by atoms with Gasteiger partial charge in [-0.25, -0.2) is 0 Å². The maximum absolute atomic E-state index is 9.00. The van der Waals surface area contributed by atoms with E-state index in [0.29, 0.717) is 12.8 Å². The molecular weight excluding hydrogens is 160 g/mol. The number of aliphatic carboxylic acids is 1. The van der Waals surface area contributed by atoms with Crippen LogP contribution in [0.4, 0.5) is 0 Å². The van der Waals surface area contributed by atoms with E-state index in [0.717, 1.165) is 6.92 Å². The van der Waals surface area contributed by atoms with Crippen molar-refractivity contribution in [1.29, 1.82) is 0 Å². The predicted octanol–water partition coefficient (Wildman–Crippen LogP) is 0.149. The number of aliphatic hydroxyl groups is 2. The number of rotatable bonds is 0. The van der Waals surface area contributed by atoms with Gasteiger partial charge < -0.3 is 15.3 Å². The molecule has 1 rings (SSSR count). The summed E-state index contributed by atoms with van der Waals surface area (Å²) < 4.78 is 0. The van der Waals surface area contributed by atoms with Crippen LogP contribution >= 0.6 is 0 Å². The summed E-state index contributed by atoms with van der Waals surface area (Å²) in [6.45, 7) is 1.08. The lowest BCUT2D eigenvalue weighted by Crippen LogP contribution is -2.14. The molecule has 0 fully saturated rings. The molecule has 0 radical (unpaired) electrons. The molecule has 0 amide bonds. The zero-order valence-electron chi connectivity index (χ0n) is 6.97. The normalized spacial score (nSPS) is 27.2. The van der Waals surface area contributed by atoms with Gasteiger partial charge in [-0.2, -0.15) is 0 Å². The van der Waals surface area contributed by atoms with Crippen molar-refractivity contribution in [2.45, 2.75) is 32.0 Å². The molecule has 2 unspecified atom stereocenters. The lowest BCUT2D eigenvalue weighted by Gasteiger charge is -2.13. The van der Waals surface area contributed by atoms with Crippen LogP contribution in [0.3, 0.4) is 0 Å². The van der Waals surface area contributed by atoms with Gasteiger partial charge in [-0.3, -0.25) is 4.79 Å². The van der Waals surface area contributed by atoms with Crippen LogP contribution in [0.15, 0.2) is 12.2 Å². The quantitative estimate of drug-likeness (QED) is 0.457. The molecule has 0 aromatic rings. The molecule has 0 aliphatic heterocycles. The van der Waals surface area contributed by atoms with Crippen LogP contribution < -0.4 is 0 Å². The summed E-state index contributed by atoms with van der Waals surface area (Å²) in [5, 5.41) is 25.1. The topological polar surface area (TPSA) is 77.8 Å². The second-order valence-electron chi connectivity index (χ2n) is 2.62. The highest BCUT2D eigenvalue weighted by Gasteiger charge is 2.09. The minimum Gasteiger partial charge on any atom is -0.481 e. The van der Waals surface area contributed by atoms with Gasteiger partial charge in [0.25, 0.3) is 5.97 Å². The fraction of sp³-hybridized carbons (Fsp3) is 0.625. The summed E-state index contributed by atoms with van der Waals surface area (Å²) in [6.07, 6.45) is 4.01. The van der Waals surface area contributed by atoms with Gasteiger partial charge in [-0.1, -0.05) is 12.2 Å². The molecule has 0 saturated carbocycles. The molecule has 4 heteroatoms. The number of hydrogen-bond acceptors (Lipinski definition) is 3. The standard InChI is InChI=1S/C6H10O2.C2H4O2/c7-5-1-2-6(8)4-3-5;1-2(3)4/h1-2,5-8H,3-4H2;1H3,(H,3,4). The predicted molar refractivity (Wildman–Crippen MR) is 43.7 cm³/mol. The summed E-state index contributed by atoms with van der Waals surface area (Å²) in [5.41, 5.74) is 0. The van der Waals surface area contributed by atoms with E-state index in [1.807, 2.05) is 0 Å². The SMILES string of the molecule is CC(=O)O.OC1C=CC(O)CC1. The first-order valence-corrected chi connectivity index (χ1v) is 3.76. The van der Waals surface area contributed by atoms with Crippen LogP contribution in [0.2, 0.25) is 0 Å². The molecule has 1 aliphatic carbocycles. The maximum Gasteiger partial charge on any atom is 0.300 e. The third-order valence-electron chi connectivity index (χ3n) is 1.31. The van der Waals surface area contributed by atoms with Gasteiger partial charge in [0, 0.05) is 6.92 Å². The summed E-state index contributed by atoms with van der Waals surface area (Å²) in [7, 11) is 0. The van der Waals surface area contributed by atoms with Gasteiger partial charge in [0.2, 0.25) is 0 Å². The van der Waals surface area contributed by atoms with Crippen molar-refractivity contribution in [1.82, 2.24) is 0 Å². The van der Waals surface area contributed by atoms with Crippen LogP contribution in [0.1, 0.15) is 19.8 Å². The first-order chi connectivity index (χ1) is 5.52. The fourth-order valence-electron chi connectivity index (χ4n) is 0.790. The van der Waals surface area contributed by atoms with Gasteiger partial charge >= 0.3 is 0 Å². The first kappa shape index (κ1) is 11.1. The molecule has 3 N–H and O–H groups in total. The summed E-state index contributed by atoms with van der Waals surface area (Å²) in [4.78, 5) is 9.00. The molecule has 0 aromatic heterocycles. The average Bonchev–Trinajstić information content (AvgIpc) is 1.94. The summed E-state index contributed by atoms with van der Waals surface area (Å²) >= 11 is 0. The van der Waals surface area contributed by atoms with Crippen molar-refractivity contribution in [3.8, 4) is 0 Å². The lowest BCUT2D eigenvalue weighted by molar-refractivity contribution is -0.134. The van der Waals surface area contributed by atoms with E-state index in [-0.39, 0.29) is 12.2 Å². The van der Waals surface area contributed by atoms with Gasteiger partial charge in [0.15, 0.2) is 0 Å². The molecule has 0 saturated heterocycles. The molecule has 1 aliphatic rings. The number of carboxylic acid groups (broad SMARTS) is 1. The molecule has 12 heavy (non-hydrogen) atoms. The van der Waals surface area contributed by atoms with Crippen molar-refractivity contribution in [3.63, 3.8) is 0 Å². The molecule has 0 spiro atoms. The Balaban J connectivity index is 0.000000261. The Morgan fingerprint density at radius 3 is 1.67 bits per heavy atom. The highest BCUT2D eigenvalue weighted by molar-refractivity contribution is 5.62. The minimum absolute atomic E-state index is 0.321. The Hall–Kier alpha value is -0.870. The Labute approximate surface area is 71.1 Å². The Kier molecular flexibility index (Phi) is 5.32. The van der Waals surface area contributed by atoms with Gasteiger partial charge in [-0.15, -0.1) is 0 Å². The van der Waals surface area contributed by atoms with E-state index in [9.17, 15) is 0 Å². The molecule has 70 valence electrons. The van der Waals surface area contributed by atoms with Crippen LogP contribution in [0.5, 0.6) is 0 Å². The Morgan fingerprint density at radius 1 is 1.25 bits per heavy atom. The van der Waals surface area contributed by atoms with E-state index in [2.05, 4.69) is 0 Å². The average molecular weight is 174 g/mol. The fourth-order valence-corrected chi connectivity index (χ4v) is 0.790. The van der Waals surface area contributed by atoms with Crippen molar-refractivity contribution in [2.24, 2.45) is 0 Å². The highest BCUT2D eigenvalue weighted by atomic mass is 16.4. The largest absolute Gasteiger partial charge is 0.481 e. The van der Waals surface area contributed by atoms with Gasteiger partial charge in [0.05, 0.1) is 12.2 Å². The minimum atomic E-state index is -0.833. The van der Waals surface area contributed by atoms with E-state index < -0.39 is 5.97 Å². The van der Waals surface area contributed by atoms with Crippen LogP contribution in [-0.2, 0) is 4.79 Å². The van der Waals surface area contributed by atoms with Crippen molar-refractivity contribution in [3.05, 3.63) is 12.2 Å². The zero-order chi connectivity index (χ0) is 9.56. The smallest absolute Gasteiger partial charge is 0.300 e. The zero-order valence-corrected chi connectivity index (χ0v) is 6.97. The monoisotopic (exact) mass is 174 g/mol. The van der Waals surface area contributed by atoms with Crippen molar-refractivity contribution >= 4 is 5.97 Å². The second-order valence-corrected chi connectivity index (χ2v) is 2.62. The maximum atomic E-state index is 9.00. The second kappa shape index (κ2) is 5.74. The third-order valence-corrected chi connectivity index (χ3v) is 1.31. The number of hydrogen-bond donors (Lipinski definition) is 3. The molecular formula is C8H14O4. The summed E-state index contributed by atoms with van der Waals surface area (Å²) in [5.74, 6) is -0.833. The van der Waals surface area contributed by atoms with E-state index in [1.54, 1.807) is 12.2 Å². The molecule has 2 atom stereocenters. The van der Waals surface area contributed by atoms with Crippen molar-refractivity contribution in [2.75, 3.05) is 0 Å². The molecule has 0 heterocycles. The van der Waals surface area contributed by atoms with Crippen LogP contribution in [0, 0.1) is 0 Å².